The number of nitrogen functional groups attached to an aromatic ring is 1. The van der Waals surface area contributed by atoms with Gasteiger partial charge in [0.2, 0.25) is 0 Å². The van der Waals surface area contributed by atoms with Gasteiger partial charge in [0, 0.05) is 6.54 Å². The third-order valence-corrected chi connectivity index (χ3v) is 2.82. The van der Waals surface area contributed by atoms with Gasteiger partial charge in [-0.2, -0.15) is 4.37 Å². The van der Waals surface area contributed by atoms with Crippen LogP contribution in [-0.2, 0) is 6.54 Å². The number of likely N-dealkylation sites (tertiary alicyclic amines) is 1. The first-order chi connectivity index (χ1) is 5.84. The molecule has 0 aromatic carbocycles. The Labute approximate surface area is 76.4 Å². The van der Waals surface area contributed by atoms with Crippen LogP contribution in [0.3, 0.4) is 0 Å². The van der Waals surface area contributed by atoms with Crippen molar-refractivity contribution in [3.05, 3.63) is 11.8 Å². The van der Waals surface area contributed by atoms with Crippen molar-refractivity contribution in [2.75, 3.05) is 18.8 Å². The molecule has 3 nitrogen and oxygen atoms in total. The first kappa shape index (κ1) is 8.01. The fourth-order valence-corrected chi connectivity index (χ4v) is 2.09. The van der Waals surface area contributed by atoms with Gasteiger partial charge < -0.3 is 5.73 Å². The number of hydrogen-bond acceptors (Lipinski definition) is 4. The van der Waals surface area contributed by atoms with Crippen LogP contribution < -0.4 is 5.73 Å². The van der Waals surface area contributed by atoms with Gasteiger partial charge in [-0.25, -0.2) is 0 Å². The normalized spacial score (nSPS) is 18.7. The number of rotatable bonds is 2. The number of hydrogen-bond donors (Lipinski definition) is 1. The molecule has 0 aliphatic carbocycles. The summed E-state index contributed by atoms with van der Waals surface area (Å²) in [5, 5.41) is 0.823. The van der Waals surface area contributed by atoms with Crippen molar-refractivity contribution in [2.45, 2.75) is 19.4 Å². The maximum absolute atomic E-state index is 5.59. The second kappa shape index (κ2) is 3.41. The predicted molar refractivity (Wildman–Crippen MR) is 51.0 cm³/mol. The van der Waals surface area contributed by atoms with Crippen LogP contribution in [0, 0.1) is 0 Å². The van der Waals surface area contributed by atoms with E-state index >= 15 is 0 Å². The Bertz CT molecular complexity index is 253. The highest BCUT2D eigenvalue weighted by molar-refractivity contribution is 7.10. The molecule has 1 saturated heterocycles. The van der Waals surface area contributed by atoms with Gasteiger partial charge in [0.1, 0.15) is 5.00 Å². The first-order valence-corrected chi connectivity index (χ1v) is 5.05. The molecule has 0 spiro atoms. The summed E-state index contributed by atoms with van der Waals surface area (Å²) in [5.74, 6) is 0. The summed E-state index contributed by atoms with van der Waals surface area (Å²) in [5.41, 5.74) is 6.71. The zero-order valence-corrected chi connectivity index (χ0v) is 7.81. The average molecular weight is 183 g/mol. The fourth-order valence-electron chi connectivity index (χ4n) is 1.57. The Hall–Kier alpha value is -0.610. The van der Waals surface area contributed by atoms with Gasteiger partial charge in [-0.1, -0.05) is 0 Å². The summed E-state index contributed by atoms with van der Waals surface area (Å²) in [4.78, 5) is 2.43. The smallest absolute Gasteiger partial charge is 0.107 e. The molecule has 0 saturated carbocycles. The van der Waals surface area contributed by atoms with Crippen molar-refractivity contribution in [3.8, 4) is 0 Å². The highest BCUT2D eigenvalue weighted by Crippen LogP contribution is 2.16. The van der Waals surface area contributed by atoms with E-state index in [-0.39, 0.29) is 0 Å². The molecular formula is C8H13N3S. The molecular weight excluding hydrogens is 170 g/mol. The molecule has 0 unspecified atom stereocenters. The molecule has 0 amide bonds. The highest BCUT2D eigenvalue weighted by atomic mass is 32.1. The van der Waals surface area contributed by atoms with E-state index in [1.54, 1.807) is 0 Å². The third kappa shape index (κ3) is 1.76. The summed E-state index contributed by atoms with van der Waals surface area (Å²) in [6.45, 7) is 3.42. The van der Waals surface area contributed by atoms with Crippen LogP contribution in [0.1, 0.15) is 18.5 Å². The van der Waals surface area contributed by atoms with Crippen molar-refractivity contribution in [1.82, 2.24) is 9.27 Å². The second-order valence-corrected chi connectivity index (χ2v) is 4.04. The minimum atomic E-state index is 0.823. The first-order valence-electron chi connectivity index (χ1n) is 4.28. The molecule has 1 aromatic heterocycles. The molecule has 2 rings (SSSR count). The Balaban J connectivity index is 1.94. The van der Waals surface area contributed by atoms with E-state index in [1.165, 1.54) is 37.5 Å². The molecule has 1 aliphatic heterocycles. The van der Waals surface area contributed by atoms with Gasteiger partial charge in [0.05, 0.1) is 5.69 Å². The van der Waals surface area contributed by atoms with Crippen LogP contribution in [-0.4, -0.2) is 22.4 Å². The summed E-state index contributed by atoms with van der Waals surface area (Å²) in [6, 6.07) is 1.98. The Morgan fingerprint density at radius 3 is 2.83 bits per heavy atom. The van der Waals surface area contributed by atoms with E-state index < -0.39 is 0 Å². The van der Waals surface area contributed by atoms with Crippen molar-refractivity contribution in [1.29, 1.82) is 0 Å². The van der Waals surface area contributed by atoms with Gasteiger partial charge in [-0.15, -0.1) is 0 Å². The molecule has 4 heteroatoms. The number of anilines is 1. The molecule has 0 bridgehead atoms. The SMILES string of the molecule is Nc1cc(CN2CCCC2)ns1. The Morgan fingerprint density at radius 1 is 1.50 bits per heavy atom. The lowest BCUT2D eigenvalue weighted by Gasteiger charge is -2.11. The molecule has 2 heterocycles. The zero-order valence-electron chi connectivity index (χ0n) is 6.99. The lowest BCUT2D eigenvalue weighted by Crippen LogP contribution is -2.18. The standard InChI is InChI=1S/C8H13N3S/c9-8-5-7(10-12-8)6-11-3-1-2-4-11/h5H,1-4,6,9H2. The van der Waals surface area contributed by atoms with Crippen LogP contribution in [0.25, 0.3) is 0 Å². The van der Waals surface area contributed by atoms with Crippen molar-refractivity contribution >= 4 is 16.5 Å². The van der Waals surface area contributed by atoms with Gasteiger partial charge >= 0.3 is 0 Å². The fraction of sp³-hybridized carbons (Fsp3) is 0.625. The molecule has 12 heavy (non-hydrogen) atoms. The van der Waals surface area contributed by atoms with E-state index in [1.807, 2.05) is 6.07 Å². The minimum Gasteiger partial charge on any atom is -0.389 e. The van der Waals surface area contributed by atoms with Gasteiger partial charge in [-0.3, -0.25) is 4.90 Å². The van der Waals surface area contributed by atoms with E-state index in [0.29, 0.717) is 0 Å². The zero-order chi connectivity index (χ0) is 8.39. The quantitative estimate of drug-likeness (QED) is 0.752. The summed E-state index contributed by atoms with van der Waals surface area (Å²) < 4.78 is 4.25. The molecule has 66 valence electrons. The topological polar surface area (TPSA) is 42.1 Å². The lowest BCUT2D eigenvalue weighted by atomic mass is 10.4. The Kier molecular flexibility index (Phi) is 2.28. The van der Waals surface area contributed by atoms with Gasteiger partial charge in [-0.05, 0) is 43.5 Å². The van der Waals surface area contributed by atoms with E-state index in [9.17, 15) is 0 Å². The van der Waals surface area contributed by atoms with Crippen LogP contribution >= 0.6 is 11.5 Å². The van der Waals surface area contributed by atoms with Gasteiger partial charge in [0.25, 0.3) is 0 Å². The maximum atomic E-state index is 5.59. The number of nitrogens with zero attached hydrogens (tertiary/aromatic N) is 2. The summed E-state index contributed by atoms with van der Waals surface area (Å²) >= 11 is 1.39. The van der Waals surface area contributed by atoms with Crippen LogP contribution in [0.5, 0.6) is 0 Å². The van der Waals surface area contributed by atoms with Crippen molar-refractivity contribution in [2.24, 2.45) is 0 Å². The van der Waals surface area contributed by atoms with E-state index in [0.717, 1.165) is 17.2 Å². The van der Waals surface area contributed by atoms with Crippen LogP contribution in [0.15, 0.2) is 6.07 Å². The molecule has 2 N–H and O–H groups in total. The molecule has 1 aliphatic rings. The number of nitrogens with two attached hydrogens (primary N) is 1. The van der Waals surface area contributed by atoms with Crippen molar-refractivity contribution in [3.63, 3.8) is 0 Å². The second-order valence-electron chi connectivity index (χ2n) is 3.20. The predicted octanol–water partition coefficient (Wildman–Crippen LogP) is 1.32. The molecule has 0 radical (unpaired) electrons. The van der Waals surface area contributed by atoms with E-state index in [4.69, 9.17) is 5.73 Å². The average Bonchev–Trinajstić information content (AvgIpc) is 2.63. The largest absolute Gasteiger partial charge is 0.389 e. The maximum Gasteiger partial charge on any atom is 0.107 e. The third-order valence-electron chi connectivity index (χ3n) is 2.16. The van der Waals surface area contributed by atoms with Crippen molar-refractivity contribution < 1.29 is 0 Å². The van der Waals surface area contributed by atoms with Crippen LogP contribution in [0.4, 0.5) is 5.00 Å². The number of aromatic nitrogens is 1. The highest BCUT2D eigenvalue weighted by Gasteiger charge is 2.12. The molecule has 0 atom stereocenters. The monoisotopic (exact) mass is 183 g/mol. The lowest BCUT2D eigenvalue weighted by molar-refractivity contribution is 0.328. The van der Waals surface area contributed by atoms with Gasteiger partial charge in [0.15, 0.2) is 0 Å². The summed E-state index contributed by atoms with van der Waals surface area (Å²) in [7, 11) is 0. The molecule has 1 aromatic rings. The minimum absolute atomic E-state index is 0.823. The van der Waals surface area contributed by atoms with Crippen LogP contribution in [0.2, 0.25) is 0 Å². The Morgan fingerprint density at radius 2 is 2.25 bits per heavy atom. The summed E-state index contributed by atoms with van der Waals surface area (Å²) in [6.07, 6.45) is 2.67. The molecule has 1 fully saturated rings. The van der Waals surface area contributed by atoms with E-state index in [2.05, 4.69) is 9.27 Å².